The van der Waals surface area contributed by atoms with Gasteiger partial charge in [0.25, 0.3) is 5.91 Å². The van der Waals surface area contributed by atoms with Crippen LogP contribution in [0.1, 0.15) is 35.0 Å². The third kappa shape index (κ3) is 5.27. The number of rotatable bonds is 9. The van der Waals surface area contributed by atoms with Gasteiger partial charge in [-0.05, 0) is 68.3 Å². The molecule has 1 amide bonds. The number of methoxy groups -OCH3 is 1. The number of hydrogen-bond acceptors (Lipinski definition) is 4. The van der Waals surface area contributed by atoms with Crippen LogP contribution >= 0.6 is 11.6 Å². The van der Waals surface area contributed by atoms with Crippen LogP contribution in [0.25, 0.3) is 10.9 Å². The van der Waals surface area contributed by atoms with E-state index < -0.39 is 0 Å². The van der Waals surface area contributed by atoms with E-state index in [2.05, 4.69) is 5.32 Å². The molecular formula is C24H27ClN2O4. The highest BCUT2D eigenvalue weighted by Crippen LogP contribution is 2.30. The zero-order valence-electron chi connectivity index (χ0n) is 18.0. The van der Waals surface area contributed by atoms with Crippen LogP contribution in [-0.2, 0) is 16.0 Å². The van der Waals surface area contributed by atoms with Crippen LogP contribution in [0.15, 0.2) is 42.5 Å². The first kappa shape index (κ1) is 22.8. The first-order valence-electron chi connectivity index (χ1n) is 10.3. The molecule has 0 spiro atoms. The molecule has 0 aliphatic rings. The third-order valence-electron chi connectivity index (χ3n) is 5.17. The van der Waals surface area contributed by atoms with Gasteiger partial charge < -0.3 is 14.8 Å². The Kier molecular flexibility index (Phi) is 7.71. The molecule has 0 unspecified atom stereocenters. The predicted molar refractivity (Wildman–Crippen MR) is 122 cm³/mol. The lowest BCUT2D eigenvalue weighted by atomic mass is 10.1. The van der Waals surface area contributed by atoms with Crippen LogP contribution in [-0.4, -0.2) is 43.2 Å². The highest BCUT2D eigenvalue weighted by molar-refractivity contribution is 6.30. The van der Waals surface area contributed by atoms with Crippen molar-refractivity contribution in [2.45, 2.75) is 26.7 Å². The molecule has 1 N–H and O–H groups in total. The smallest absolute Gasteiger partial charge is 0.262 e. The largest absolute Gasteiger partial charge is 0.497 e. The molecule has 164 valence electrons. The fourth-order valence-corrected chi connectivity index (χ4v) is 3.69. The van der Waals surface area contributed by atoms with Gasteiger partial charge >= 0.3 is 0 Å². The van der Waals surface area contributed by atoms with Crippen molar-refractivity contribution in [2.24, 2.45) is 0 Å². The lowest BCUT2D eigenvalue weighted by Gasteiger charge is -2.08. The molecule has 31 heavy (non-hydrogen) atoms. The zero-order valence-corrected chi connectivity index (χ0v) is 18.8. The van der Waals surface area contributed by atoms with Crippen molar-refractivity contribution in [1.82, 2.24) is 9.88 Å². The number of nitrogens with zero attached hydrogens (tertiary/aromatic N) is 1. The maximum absolute atomic E-state index is 13.3. The molecule has 0 atom stereocenters. The summed E-state index contributed by atoms with van der Waals surface area (Å²) < 4.78 is 12.3. The van der Waals surface area contributed by atoms with E-state index in [9.17, 15) is 9.59 Å². The Morgan fingerprint density at radius 2 is 1.87 bits per heavy atom. The second-order valence-corrected chi connectivity index (χ2v) is 7.61. The summed E-state index contributed by atoms with van der Waals surface area (Å²) in [5.41, 5.74) is 2.79. The maximum atomic E-state index is 13.3. The Hall–Kier alpha value is -2.83. The monoisotopic (exact) mass is 442 g/mol. The molecule has 0 saturated heterocycles. The third-order valence-corrected chi connectivity index (χ3v) is 5.42. The Labute approximate surface area is 187 Å². The van der Waals surface area contributed by atoms with Gasteiger partial charge in [0.15, 0.2) is 0 Å². The number of aromatic nitrogens is 1. The van der Waals surface area contributed by atoms with Gasteiger partial charge in [0.2, 0.25) is 5.91 Å². The molecule has 0 bridgehead atoms. The average molecular weight is 443 g/mol. The van der Waals surface area contributed by atoms with Gasteiger partial charge in [0, 0.05) is 41.4 Å². The number of carbonyl (C=O) groups is 2. The number of amides is 1. The van der Waals surface area contributed by atoms with Gasteiger partial charge in [-0.2, -0.15) is 0 Å². The van der Waals surface area contributed by atoms with Crippen LogP contribution in [0, 0.1) is 6.92 Å². The maximum Gasteiger partial charge on any atom is 0.262 e. The molecule has 0 radical (unpaired) electrons. The molecule has 0 saturated carbocycles. The van der Waals surface area contributed by atoms with E-state index in [1.807, 2.05) is 32.0 Å². The summed E-state index contributed by atoms with van der Waals surface area (Å²) in [4.78, 5) is 25.9. The van der Waals surface area contributed by atoms with Gasteiger partial charge in [-0.15, -0.1) is 0 Å². The molecule has 6 nitrogen and oxygen atoms in total. The fraction of sp³-hybridized carbons (Fsp3) is 0.333. The van der Waals surface area contributed by atoms with Gasteiger partial charge in [0.1, 0.15) is 5.75 Å². The van der Waals surface area contributed by atoms with Crippen LogP contribution in [0.4, 0.5) is 0 Å². The lowest BCUT2D eigenvalue weighted by Crippen LogP contribution is -2.27. The van der Waals surface area contributed by atoms with Gasteiger partial charge in [-0.1, -0.05) is 11.6 Å². The van der Waals surface area contributed by atoms with Crippen LogP contribution in [0.2, 0.25) is 5.02 Å². The van der Waals surface area contributed by atoms with Crippen molar-refractivity contribution >= 4 is 34.3 Å². The van der Waals surface area contributed by atoms with Gasteiger partial charge in [-0.25, -0.2) is 0 Å². The van der Waals surface area contributed by atoms with Crippen LogP contribution in [0.3, 0.4) is 0 Å². The molecule has 2 aromatic carbocycles. The average Bonchev–Trinajstić information content (AvgIpc) is 3.04. The second-order valence-electron chi connectivity index (χ2n) is 7.17. The zero-order chi connectivity index (χ0) is 22.4. The van der Waals surface area contributed by atoms with Crippen molar-refractivity contribution < 1.29 is 19.1 Å². The first-order valence-corrected chi connectivity index (χ1v) is 10.7. The van der Waals surface area contributed by atoms with E-state index in [4.69, 9.17) is 21.1 Å². The Balaban J connectivity index is 1.93. The second kappa shape index (κ2) is 10.5. The number of carbonyl (C=O) groups excluding carboxylic acids is 2. The minimum atomic E-state index is -0.173. The van der Waals surface area contributed by atoms with E-state index in [-0.39, 0.29) is 18.2 Å². The number of fused-ring (bicyclic) bond motifs is 1. The number of nitrogens with one attached hydrogen (secondary N) is 1. The molecule has 7 heteroatoms. The molecule has 1 aromatic heterocycles. The summed E-state index contributed by atoms with van der Waals surface area (Å²) in [7, 11) is 1.59. The molecule has 1 heterocycles. The summed E-state index contributed by atoms with van der Waals surface area (Å²) in [5.74, 6) is 0.398. The molecule has 3 rings (SSSR count). The van der Waals surface area contributed by atoms with Crippen molar-refractivity contribution in [2.75, 3.05) is 26.9 Å². The molecule has 3 aromatic rings. The topological polar surface area (TPSA) is 69.6 Å². The highest BCUT2D eigenvalue weighted by atomic mass is 35.5. The Morgan fingerprint density at radius 3 is 2.55 bits per heavy atom. The number of hydrogen-bond donors (Lipinski definition) is 1. The normalized spacial score (nSPS) is 11.0. The Bertz CT molecular complexity index is 1070. The standard InChI is InChI=1S/C24H27ClN2O4/c1-4-31-13-5-12-26-23(28)15-20-16(2)27(22-11-10-19(30-3)14-21(20)22)24(29)17-6-8-18(25)9-7-17/h6-11,14H,4-5,12-13,15H2,1-3H3,(H,26,28). The lowest BCUT2D eigenvalue weighted by molar-refractivity contribution is -0.120. The van der Waals surface area contributed by atoms with Crippen LogP contribution in [0.5, 0.6) is 5.75 Å². The predicted octanol–water partition coefficient (Wildman–Crippen LogP) is 4.39. The molecular weight excluding hydrogens is 416 g/mol. The van der Waals surface area contributed by atoms with Gasteiger partial charge in [0.05, 0.1) is 19.0 Å². The number of benzene rings is 2. The van der Waals surface area contributed by atoms with Gasteiger partial charge in [-0.3, -0.25) is 14.2 Å². The van der Waals surface area contributed by atoms with Crippen LogP contribution < -0.4 is 10.1 Å². The highest BCUT2D eigenvalue weighted by Gasteiger charge is 2.22. The van der Waals surface area contributed by atoms with Crippen molar-refractivity contribution in [3.05, 3.63) is 64.3 Å². The SMILES string of the molecule is CCOCCCNC(=O)Cc1c(C)n(C(=O)c2ccc(Cl)cc2)c2ccc(OC)cc12. The molecule has 0 aliphatic heterocycles. The molecule has 0 aliphatic carbocycles. The minimum absolute atomic E-state index is 0.0968. The van der Waals surface area contributed by atoms with Crippen molar-refractivity contribution in [3.8, 4) is 5.75 Å². The number of halogens is 1. The van der Waals surface area contributed by atoms with Crippen molar-refractivity contribution in [3.63, 3.8) is 0 Å². The summed E-state index contributed by atoms with van der Waals surface area (Å²) in [6.45, 7) is 5.62. The van der Waals surface area contributed by atoms with Crippen molar-refractivity contribution in [1.29, 1.82) is 0 Å². The van der Waals surface area contributed by atoms with E-state index in [1.54, 1.807) is 35.9 Å². The van der Waals surface area contributed by atoms with E-state index in [0.29, 0.717) is 36.1 Å². The summed E-state index contributed by atoms with van der Waals surface area (Å²) in [5, 5.41) is 4.32. The van der Waals surface area contributed by atoms with E-state index in [0.717, 1.165) is 28.6 Å². The summed E-state index contributed by atoms with van der Waals surface area (Å²) in [6.07, 6.45) is 0.925. The molecule has 0 fully saturated rings. The summed E-state index contributed by atoms with van der Waals surface area (Å²) in [6, 6.07) is 12.3. The number of ether oxygens (including phenoxy) is 2. The fourth-order valence-electron chi connectivity index (χ4n) is 3.57. The quantitative estimate of drug-likeness (QED) is 0.499. The minimum Gasteiger partial charge on any atom is -0.497 e. The summed E-state index contributed by atoms with van der Waals surface area (Å²) >= 11 is 5.97. The van der Waals surface area contributed by atoms with E-state index >= 15 is 0 Å². The van der Waals surface area contributed by atoms with E-state index in [1.165, 1.54) is 0 Å². The first-order chi connectivity index (χ1) is 15.0. The Morgan fingerprint density at radius 1 is 1.13 bits per heavy atom.